The minimum atomic E-state index is -1.11. The van der Waals surface area contributed by atoms with E-state index in [4.69, 9.17) is 15.6 Å². The Kier molecular flexibility index (Phi) is 4.79. The van der Waals surface area contributed by atoms with Crippen molar-refractivity contribution in [3.8, 4) is 0 Å². The molecule has 0 bridgehead atoms. The van der Waals surface area contributed by atoms with Crippen LogP contribution in [-0.4, -0.2) is 34.4 Å². The molecule has 1 unspecified atom stereocenters. The summed E-state index contributed by atoms with van der Waals surface area (Å²) >= 11 is 0. The van der Waals surface area contributed by atoms with Crippen molar-refractivity contribution in [3.63, 3.8) is 0 Å². The second-order valence-electron chi connectivity index (χ2n) is 6.16. The van der Waals surface area contributed by atoms with Crippen molar-refractivity contribution < 1.29 is 19.4 Å². The number of carboxylic acid groups (broad SMARTS) is 1. The molecule has 1 rings (SSSR count). The van der Waals surface area contributed by atoms with Gasteiger partial charge in [-0.15, -0.1) is 0 Å². The second kappa shape index (κ2) is 5.77. The third kappa shape index (κ3) is 4.38. The fraction of sp³-hybridized carbons (Fsp3) is 0.846. The van der Waals surface area contributed by atoms with E-state index in [-0.39, 0.29) is 0 Å². The predicted molar refractivity (Wildman–Crippen MR) is 70.8 cm³/mol. The van der Waals surface area contributed by atoms with Gasteiger partial charge in [0, 0.05) is 0 Å². The topological polar surface area (TPSA) is 102 Å². The van der Waals surface area contributed by atoms with Crippen molar-refractivity contribution in [2.45, 2.75) is 70.1 Å². The zero-order chi connectivity index (χ0) is 14.7. The van der Waals surface area contributed by atoms with Gasteiger partial charge in [0.1, 0.15) is 11.6 Å². The number of nitrogens with two attached hydrogens (primary N) is 1. The molecule has 0 aromatic carbocycles. The lowest BCUT2D eigenvalue weighted by atomic mass is 9.76. The van der Waals surface area contributed by atoms with Crippen molar-refractivity contribution in [2.75, 3.05) is 0 Å². The molecule has 0 heterocycles. The summed E-state index contributed by atoms with van der Waals surface area (Å²) in [5, 5.41) is 11.8. The summed E-state index contributed by atoms with van der Waals surface area (Å²) in [6.07, 6.45) is 3.28. The molecule has 19 heavy (non-hydrogen) atoms. The Morgan fingerprint density at radius 2 is 1.79 bits per heavy atom. The number of rotatable bonds is 3. The molecule has 1 amide bonds. The molecule has 1 fully saturated rings. The van der Waals surface area contributed by atoms with Gasteiger partial charge in [-0.3, -0.25) is 4.79 Å². The molecule has 6 heteroatoms. The van der Waals surface area contributed by atoms with Crippen molar-refractivity contribution in [1.29, 1.82) is 0 Å². The Labute approximate surface area is 113 Å². The van der Waals surface area contributed by atoms with Crippen molar-refractivity contribution >= 4 is 12.1 Å². The number of alkyl carbamates (subject to hydrolysis) is 1. The van der Waals surface area contributed by atoms with Crippen LogP contribution in [0.4, 0.5) is 4.79 Å². The highest BCUT2D eigenvalue weighted by atomic mass is 16.6. The fourth-order valence-electron chi connectivity index (χ4n) is 2.44. The molecular formula is C13H24N2O4. The van der Waals surface area contributed by atoms with Crippen molar-refractivity contribution in [3.05, 3.63) is 0 Å². The first-order valence-corrected chi connectivity index (χ1v) is 6.66. The summed E-state index contributed by atoms with van der Waals surface area (Å²) in [6.45, 7) is 5.28. The van der Waals surface area contributed by atoms with Gasteiger partial charge in [0.2, 0.25) is 0 Å². The minimum Gasteiger partial charge on any atom is -0.480 e. The van der Waals surface area contributed by atoms with Crippen molar-refractivity contribution in [1.82, 2.24) is 5.32 Å². The molecule has 1 saturated carbocycles. The standard InChI is InChI=1S/C13H24N2O4/c1-12(2,3)19-11(18)15-13(9(14)10(16)17)7-5-4-6-8-13/h9H,4-8,14H2,1-3H3,(H,15,18)(H,16,17). The quantitative estimate of drug-likeness (QED) is 0.724. The van der Waals surface area contributed by atoms with E-state index in [1.165, 1.54) is 0 Å². The van der Waals surface area contributed by atoms with Crippen LogP contribution in [0, 0.1) is 0 Å². The number of amides is 1. The maximum Gasteiger partial charge on any atom is 0.408 e. The third-order valence-corrected chi connectivity index (χ3v) is 3.36. The van der Waals surface area contributed by atoms with Crippen LogP contribution in [-0.2, 0) is 9.53 Å². The van der Waals surface area contributed by atoms with E-state index in [0.717, 1.165) is 19.3 Å². The predicted octanol–water partition coefficient (Wildman–Crippen LogP) is 1.63. The van der Waals surface area contributed by atoms with Gasteiger partial charge in [0.25, 0.3) is 0 Å². The highest BCUT2D eigenvalue weighted by Crippen LogP contribution is 2.31. The van der Waals surface area contributed by atoms with Gasteiger partial charge < -0.3 is 20.9 Å². The number of aliphatic carboxylic acids is 1. The minimum absolute atomic E-state index is 0.569. The maximum absolute atomic E-state index is 11.9. The number of ether oxygens (including phenoxy) is 1. The van der Waals surface area contributed by atoms with E-state index in [2.05, 4.69) is 5.32 Å². The summed E-state index contributed by atoms with van der Waals surface area (Å²) in [7, 11) is 0. The van der Waals surface area contributed by atoms with Crippen molar-refractivity contribution in [2.24, 2.45) is 5.73 Å². The van der Waals surface area contributed by atoms with E-state index < -0.39 is 29.2 Å². The van der Waals surface area contributed by atoms with E-state index in [1.54, 1.807) is 20.8 Å². The van der Waals surface area contributed by atoms with Crippen LogP contribution < -0.4 is 11.1 Å². The van der Waals surface area contributed by atoms with Gasteiger partial charge in [-0.2, -0.15) is 0 Å². The Morgan fingerprint density at radius 1 is 1.26 bits per heavy atom. The molecule has 110 valence electrons. The number of carbonyl (C=O) groups is 2. The van der Waals surface area contributed by atoms with E-state index in [0.29, 0.717) is 12.8 Å². The average Bonchev–Trinajstić information content (AvgIpc) is 2.26. The molecule has 0 aliphatic heterocycles. The summed E-state index contributed by atoms with van der Waals surface area (Å²) in [5.74, 6) is -1.10. The van der Waals surface area contributed by atoms with Crippen LogP contribution in [0.3, 0.4) is 0 Å². The zero-order valence-corrected chi connectivity index (χ0v) is 11.9. The second-order valence-corrected chi connectivity index (χ2v) is 6.16. The molecule has 0 saturated heterocycles. The van der Waals surface area contributed by atoms with Crippen LogP contribution >= 0.6 is 0 Å². The molecule has 1 aliphatic rings. The van der Waals surface area contributed by atoms with Gasteiger partial charge in [-0.05, 0) is 33.6 Å². The zero-order valence-electron chi connectivity index (χ0n) is 11.9. The lowest BCUT2D eigenvalue weighted by molar-refractivity contribution is -0.141. The van der Waals surface area contributed by atoms with Crippen LogP contribution in [0.5, 0.6) is 0 Å². The van der Waals surface area contributed by atoms with Gasteiger partial charge in [0.05, 0.1) is 5.54 Å². The first-order valence-electron chi connectivity index (χ1n) is 6.66. The van der Waals surface area contributed by atoms with Gasteiger partial charge in [-0.25, -0.2) is 4.79 Å². The molecule has 1 aliphatic carbocycles. The number of hydrogen-bond acceptors (Lipinski definition) is 4. The van der Waals surface area contributed by atoms with Crippen LogP contribution in [0.1, 0.15) is 52.9 Å². The Balaban J connectivity index is 2.80. The van der Waals surface area contributed by atoms with Crippen LogP contribution in [0.2, 0.25) is 0 Å². The Morgan fingerprint density at radius 3 is 2.21 bits per heavy atom. The number of carboxylic acids is 1. The first kappa shape index (κ1) is 15.8. The number of nitrogens with one attached hydrogen (secondary N) is 1. The summed E-state index contributed by atoms with van der Waals surface area (Å²) in [4.78, 5) is 23.0. The lowest BCUT2D eigenvalue weighted by Gasteiger charge is -2.40. The largest absolute Gasteiger partial charge is 0.480 e. The fourth-order valence-corrected chi connectivity index (χ4v) is 2.44. The Bertz CT molecular complexity index is 343. The average molecular weight is 272 g/mol. The van der Waals surface area contributed by atoms with Crippen LogP contribution in [0.25, 0.3) is 0 Å². The molecule has 6 nitrogen and oxygen atoms in total. The molecule has 4 N–H and O–H groups in total. The summed E-state index contributed by atoms with van der Waals surface area (Å²) in [6, 6.07) is -1.11. The molecule has 0 aromatic heterocycles. The lowest BCUT2D eigenvalue weighted by Crippen LogP contribution is -2.64. The third-order valence-electron chi connectivity index (χ3n) is 3.36. The molecule has 0 spiro atoms. The van der Waals surface area contributed by atoms with Gasteiger partial charge in [-0.1, -0.05) is 19.3 Å². The van der Waals surface area contributed by atoms with Gasteiger partial charge >= 0.3 is 12.1 Å². The molecular weight excluding hydrogens is 248 g/mol. The molecule has 0 aromatic rings. The van der Waals surface area contributed by atoms with E-state index in [1.807, 2.05) is 0 Å². The molecule has 1 atom stereocenters. The summed E-state index contributed by atoms with van der Waals surface area (Å²) in [5.41, 5.74) is 4.25. The van der Waals surface area contributed by atoms with Gasteiger partial charge in [0.15, 0.2) is 0 Å². The Hall–Kier alpha value is -1.30. The smallest absolute Gasteiger partial charge is 0.408 e. The number of hydrogen-bond donors (Lipinski definition) is 3. The SMILES string of the molecule is CC(C)(C)OC(=O)NC1(C(N)C(=O)O)CCCCC1. The monoisotopic (exact) mass is 272 g/mol. The first-order chi connectivity index (χ1) is 8.66. The van der Waals surface area contributed by atoms with E-state index in [9.17, 15) is 9.59 Å². The van der Waals surface area contributed by atoms with Crippen LogP contribution in [0.15, 0.2) is 0 Å². The normalized spacial score (nSPS) is 20.4. The molecule has 0 radical (unpaired) electrons. The van der Waals surface area contributed by atoms with E-state index >= 15 is 0 Å². The highest BCUT2D eigenvalue weighted by Gasteiger charge is 2.43. The number of carbonyl (C=O) groups excluding carboxylic acids is 1. The maximum atomic E-state index is 11.9. The highest BCUT2D eigenvalue weighted by molar-refractivity contribution is 5.77. The summed E-state index contributed by atoms with van der Waals surface area (Å²) < 4.78 is 5.20.